The molecule has 1 heterocycles. The average molecular weight is 325 g/mol. The summed E-state index contributed by atoms with van der Waals surface area (Å²) in [6.07, 6.45) is 0. The first kappa shape index (κ1) is 9.55. The molecule has 0 aliphatic heterocycles. The molecule has 0 spiro atoms. The molecule has 0 saturated carbocycles. The number of hydrogen-bond acceptors (Lipinski definition) is 2. The zero-order valence-electron chi connectivity index (χ0n) is 6.80. The van der Waals surface area contributed by atoms with E-state index in [0.717, 1.165) is 19.0 Å². The first-order valence-corrected chi connectivity index (χ1v) is 5.97. The van der Waals surface area contributed by atoms with Crippen LogP contribution in [0.15, 0.2) is 17.5 Å². The van der Waals surface area contributed by atoms with E-state index in [-0.39, 0.29) is 0 Å². The first-order chi connectivity index (χ1) is 6.24. The molecular formula is C9H6ClIOS. The Morgan fingerprint density at radius 1 is 1.54 bits per heavy atom. The maximum atomic E-state index is 6.05. The molecule has 1 aromatic carbocycles. The van der Waals surface area contributed by atoms with Crippen molar-refractivity contribution in [3.63, 3.8) is 0 Å². The molecule has 0 fully saturated rings. The fourth-order valence-electron chi connectivity index (χ4n) is 1.20. The van der Waals surface area contributed by atoms with Crippen molar-refractivity contribution < 1.29 is 4.74 Å². The van der Waals surface area contributed by atoms with Crippen LogP contribution in [-0.4, -0.2) is 7.11 Å². The topological polar surface area (TPSA) is 9.23 Å². The van der Waals surface area contributed by atoms with Gasteiger partial charge in [-0.25, -0.2) is 0 Å². The summed E-state index contributed by atoms with van der Waals surface area (Å²) in [6, 6.07) is 3.93. The van der Waals surface area contributed by atoms with Crippen molar-refractivity contribution in [2.45, 2.75) is 0 Å². The Labute approximate surface area is 98.8 Å². The molecule has 0 N–H and O–H groups in total. The van der Waals surface area contributed by atoms with Crippen molar-refractivity contribution in [3.05, 3.63) is 26.1 Å². The molecule has 0 unspecified atom stereocenters. The van der Waals surface area contributed by atoms with Gasteiger partial charge in [-0.05, 0) is 34.0 Å². The highest BCUT2D eigenvalue weighted by Gasteiger charge is 2.09. The van der Waals surface area contributed by atoms with Gasteiger partial charge in [-0.1, -0.05) is 11.6 Å². The smallest absolute Gasteiger partial charge is 0.138 e. The van der Waals surface area contributed by atoms with Crippen molar-refractivity contribution >= 4 is 55.6 Å². The van der Waals surface area contributed by atoms with Crippen molar-refractivity contribution in [2.75, 3.05) is 7.11 Å². The van der Waals surface area contributed by atoms with Gasteiger partial charge in [0.15, 0.2) is 0 Å². The van der Waals surface area contributed by atoms with Crippen LogP contribution in [0.5, 0.6) is 5.75 Å². The van der Waals surface area contributed by atoms with E-state index in [1.165, 1.54) is 5.39 Å². The molecule has 1 nitrogen and oxygen atoms in total. The van der Waals surface area contributed by atoms with Crippen LogP contribution in [-0.2, 0) is 0 Å². The molecule has 2 rings (SSSR count). The number of fused-ring (bicyclic) bond motifs is 1. The van der Waals surface area contributed by atoms with Crippen LogP contribution < -0.4 is 4.74 Å². The van der Waals surface area contributed by atoms with Crippen molar-refractivity contribution in [1.29, 1.82) is 0 Å². The van der Waals surface area contributed by atoms with E-state index >= 15 is 0 Å². The maximum absolute atomic E-state index is 6.05. The second-order valence-electron chi connectivity index (χ2n) is 2.54. The molecule has 0 aliphatic rings. The minimum atomic E-state index is 0.753. The predicted octanol–water partition coefficient (Wildman–Crippen LogP) is 4.17. The van der Waals surface area contributed by atoms with Crippen molar-refractivity contribution in [3.8, 4) is 5.75 Å². The molecular weight excluding hydrogens is 319 g/mol. The number of ether oxygens (including phenoxy) is 1. The summed E-state index contributed by atoms with van der Waals surface area (Å²) in [5, 5.41) is 3.98. The molecule has 0 amide bonds. The third kappa shape index (κ3) is 1.53. The number of rotatable bonds is 1. The second-order valence-corrected chi connectivity index (χ2v) is 4.94. The summed E-state index contributed by atoms with van der Waals surface area (Å²) in [5.74, 6) is 0.857. The third-order valence-corrected chi connectivity index (χ3v) is 4.52. The zero-order valence-corrected chi connectivity index (χ0v) is 10.5. The predicted molar refractivity (Wildman–Crippen MR) is 66.1 cm³/mol. The largest absolute Gasteiger partial charge is 0.495 e. The van der Waals surface area contributed by atoms with Crippen molar-refractivity contribution in [1.82, 2.24) is 0 Å². The van der Waals surface area contributed by atoms with E-state index < -0.39 is 0 Å². The fraction of sp³-hybridized carbons (Fsp3) is 0.111. The highest BCUT2D eigenvalue weighted by atomic mass is 127. The van der Waals surface area contributed by atoms with Crippen LogP contribution in [0.2, 0.25) is 5.02 Å². The van der Waals surface area contributed by atoms with Gasteiger partial charge in [0.05, 0.1) is 16.8 Å². The van der Waals surface area contributed by atoms with Crippen LogP contribution >= 0.6 is 45.5 Å². The lowest BCUT2D eigenvalue weighted by Gasteiger charge is -2.04. The number of methoxy groups -OCH3 is 1. The maximum Gasteiger partial charge on any atom is 0.138 e. The van der Waals surface area contributed by atoms with E-state index in [1.807, 2.05) is 11.4 Å². The fourth-order valence-corrected chi connectivity index (χ4v) is 3.08. The van der Waals surface area contributed by atoms with Gasteiger partial charge in [0.2, 0.25) is 0 Å². The summed E-state index contributed by atoms with van der Waals surface area (Å²) >= 11 is 9.97. The van der Waals surface area contributed by atoms with E-state index in [9.17, 15) is 0 Å². The zero-order chi connectivity index (χ0) is 9.42. The number of benzene rings is 1. The monoisotopic (exact) mass is 324 g/mol. The summed E-state index contributed by atoms with van der Waals surface area (Å²) in [4.78, 5) is 0. The molecule has 0 bridgehead atoms. The lowest BCUT2D eigenvalue weighted by Crippen LogP contribution is -1.84. The minimum Gasteiger partial charge on any atom is -0.495 e. The van der Waals surface area contributed by atoms with Crippen LogP contribution in [0, 0.1) is 3.57 Å². The number of halogens is 2. The van der Waals surface area contributed by atoms with Gasteiger partial charge in [0.1, 0.15) is 5.75 Å². The highest BCUT2D eigenvalue weighted by molar-refractivity contribution is 14.1. The van der Waals surface area contributed by atoms with Gasteiger partial charge >= 0.3 is 0 Å². The van der Waals surface area contributed by atoms with Crippen molar-refractivity contribution in [2.24, 2.45) is 0 Å². The van der Waals surface area contributed by atoms with E-state index in [4.69, 9.17) is 16.3 Å². The molecule has 68 valence electrons. The molecule has 4 heteroatoms. The van der Waals surface area contributed by atoms with Crippen LogP contribution in [0.25, 0.3) is 10.1 Å². The quantitative estimate of drug-likeness (QED) is 0.716. The molecule has 2 aromatic rings. The molecule has 13 heavy (non-hydrogen) atoms. The Bertz CT molecular complexity index is 452. The SMILES string of the molecule is COc1cc(Cl)c(I)c2ccsc12. The summed E-state index contributed by atoms with van der Waals surface area (Å²) in [7, 11) is 1.66. The number of thiophene rings is 1. The number of hydrogen-bond donors (Lipinski definition) is 0. The molecule has 1 aromatic heterocycles. The first-order valence-electron chi connectivity index (χ1n) is 3.63. The molecule has 0 radical (unpaired) electrons. The van der Waals surface area contributed by atoms with Crippen LogP contribution in [0.4, 0.5) is 0 Å². The van der Waals surface area contributed by atoms with Gasteiger partial charge in [0.25, 0.3) is 0 Å². The van der Waals surface area contributed by atoms with Gasteiger partial charge in [0, 0.05) is 15.0 Å². The normalized spacial score (nSPS) is 10.7. The molecule has 0 atom stereocenters. The lowest BCUT2D eigenvalue weighted by atomic mass is 10.2. The molecule has 0 saturated heterocycles. The standard InChI is InChI=1S/C9H6ClIOS/c1-12-7-4-6(10)8(11)5-2-3-13-9(5)7/h2-4H,1H3. The third-order valence-electron chi connectivity index (χ3n) is 1.81. The van der Waals surface area contributed by atoms with Gasteiger partial charge in [-0.3, -0.25) is 0 Å². The van der Waals surface area contributed by atoms with Gasteiger partial charge in [-0.2, -0.15) is 0 Å². The van der Waals surface area contributed by atoms with E-state index in [0.29, 0.717) is 0 Å². The summed E-state index contributed by atoms with van der Waals surface area (Å²) in [6.45, 7) is 0. The molecule has 0 aliphatic carbocycles. The summed E-state index contributed by atoms with van der Waals surface area (Å²) < 4.78 is 7.50. The lowest BCUT2D eigenvalue weighted by molar-refractivity contribution is 0.420. The average Bonchev–Trinajstić information content (AvgIpc) is 2.60. The second kappa shape index (κ2) is 3.63. The highest BCUT2D eigenvalue weighted by Crippen LogP contribution is 2.37. The Morgan fingerprint density at radius 3 is 3.00 bits per heavy atom. The minimum absolute atomic E-state index is 0.753. The van der Waals surface area contributed by atoms with Gasteiger partial charge < -0.3 is 4.74 Å². The summed E-state index contributed by atoms with van der Waals surface area (Å²) in [5.41, 5.74) is 0. The van der Waals surface area contributed by atoms with Gasteiger partial charge in [-0.15, -0.1) is 11.3 Å². The Hall–Kier alpha value is -0.000000000000000139. The Kier molecular flexibility index (Phi) is 2.67. The Morgan fingerprint density at radius 2 is 2.31 bits per heavy atom. The van der Waals surface area contributed by atoms with E-state index in [1.54, 1.807) is 18.4 Å². The van der Waals surface area contributed by atoms with Crippen LogP contribution in [0.1, 0.15) is 0 Å². The van der Waals surface area contributed by atoms with E-state index in [2.05, 4.69) is 28.7 Å². The Balaban J connectivity index is 2.87. The van der Waals surface area contributed by atoms with Crippen LogP contribution in [0.3, 0.4) is 0 Å².